The van der Waals surface area contributed by atoms with Crippen molar-refractivity contribution in [2.75, 3.05) is 12.3 Å². The van der Waals surface area contributed by atoms with Crippen LogP contribution in [-0.2, 0) is 6.42 Å². The molecule has 3 nitrogen and oxygen atoms in total. The lowest BCUT2D eigenvalue weighted by molar-refractivity contribution is 0.365. The molecule has 17 heavy (non-hydrogen) atoms. The van der Waals surface area contributed by atoms with Crippen molar-refractivity contribution in [2.45, 2.75) is 46.1 Å². The lowest BCUT2D eigenvalue weighted by Gasteiger charge is -2.24. The molecule has 0 aliphatic carbocycles. The summed E-state index contributed by atoms with van der Waals surface area (Å²) in [5, 5.41) is 3.61. The Hall–Kier alpha value is -1.09. The van der Waals surface area contributed by atoms with Crippen LogP contribution in [0.2, 0.25) is 0 Å². The van der Waals surface area contributed by atoms with Crippen LogP contribution in [0.4, 0.5) is 5.82 Å². The largest absolute Gasteiger partial charge is 0.383 e. The monoisotopic (exact) mass is 235 g/mol. The molecule has 1 aromatic rings. The Balaban J connectivity index is 2.68. The number of rotatable bonds is 7. The van der Waals surface area contributed by atoms with Gasteiger partial charge in [-0.2, -0.15) is 0 Å². The van der Waals surface area contributed by atoms with Gasteiger partial charge in [-0.15, -0.1) is 0 Å². The highest BCUT2D eigenvalue weighted by atomic mass is 14.9. The minimum absolute atomic E-state index is 0.492. The van der Waals surface area contributed by atoms with Crippen molar-refractivity contribution in [2.24, 2.45) is 5.92 Å². The molecule has 0 aliphatic heterocycles. The van der Waals surface area contributed by atoms with E-state index in [0.717, 1.165) is 24.9 Å². The Morgan fingerprint density at radius 3 is 2.76 bits per heavy atom. The van der Waals surface area contributed by atoms with E-state index in [1.807, 2.05) is 6.07 Å². The van der Waals surface area contributed by atoms with E-state index in [2.05, 4.69) is 37.1 Å². The van der Waals surface area contributed by atoms with E-state index in [9.17, 15) is 0 Å². The number of hydrogen-bond donors (Lipinski definition) is 2. The van der Waals surface area contributed by atoms with Gasteiger partial charge in [-0.25, -0.2) is 4.98 Å². The summed E-state index contributed by atoms with van der Waals surface area (Å²) >= 11 is 0. The Kier molecular flexibility index (Phi) is 5.98. The van der Waals surface area contributed by atoms with Crippen molar-refractivity contribution in [1.29, 1.82) is 0 Å². The second kappa shape index (κ2) is 7.28. The van der Waals surface area contributed by atoms with Crippen molar-refractivity contribution in [3.8, 4) is 0 Å². The van der Waals surface area contributed by atoms with Crippen molar-refractivity contribution in [1.82, 2.24) is 10.3 Å². The van der Waals surface area contributed by atoms with Crippen LogP contribution < -0.4 is 11.1 Å². The molecule has 1 aromatic heterocycles. The van der Waals surface area contributed by atoms with Gasteiger partial charge in [0.05, 0.1) is 0 Å². The molecule has 1 rings (SSSR count). The third kappa shape index (κ3) is 4.35. The normalized spacial score (nSPS) is 14.5. The standard InChI is InChI=1S/C14H25N3/c1-4-8-16-13(11(3)5-2)10-12-7-6-9-17-14(12)15/h6-7,9,11,13,16H,4-5,8,10H2,1-3H3,(H2,15,17). The summed E-state index contributed by atoms with van der Waals surface area (Å²) in [5.74, 6) is 1.32. The summed E-state index contributed by atoms with van der Waals surface area (Å²) in [6.45, 7) is 7.78. The minimum atomic E-state index is 0.492. The molecule has 2 atom stereocenters. The van der Waals surface area contributed by atoms with Gasteiger partial charge in [0.1, 0.15) is 5.82 Å². The lowest BCUT2D eigenvalue weighted by Crippen LogP contribution is -2.37. The number of nitrogen functional groups attached to an aromatic ring is 1. The average molecular weight is 235 g/mol. The SMILES string of the molecule is CCCNC(Cc1cccnc1N)C(C)CC. The van der Waals surface area contributed by atoms with Gasteiger partial charge in [0.2, 0.25) is 0 Å². The van der Waals surface area contributed by atoms with Crippen molar-refractivity contribution in [3.05, 3.63) is 23.9 Å². The summed E-state index contributed by atoms with van der Waals surface area (Å²) in [4.78, 5) is 4.15. The first-order chi connectivity index (χ1) is 8.19. The minimum Gasteiger partial charge on any atom is -0.383 e. The van der Waals surface area contributed by atoms with Gasteiger partial charge in [-0.3, -0.25) is 0 Å². The van der Waals surface area contributed by atoms with Gasteiger partial charge in [0.25, 0.3) is 0 Å². The molecule has 0 bridgehead atoms. The van der Waals surface area contributed by atoms with E-state index in [-0.39, 0.29) is 0 Å². The molecule has 3 heteroatoms. The van der Waals surface area contributed by atoms with Crippen LogP contribution in [0.25, 0.3) is 0 Å². The Labute approximate surface area is 105 Å². The van der Waals surface area contributed by atoms with Crippen molar-refractivity contribution < 1.29 is 0 Å². The predicted molar refractivity (Wildman–Crippen MR) is 73.9 cm³/mol. The number of nitrogens with zero attached hydrogens (tertiary/aromatic N) is 1. The molecular weight excluding hydrogens is 210 g/mol. The fraction of sp³-hybridized carbons (Fsp3) is 0.643. The number of nitrogens with one attached hydrogen (secondary N) is 1. The van der Waals surface area contributed by atoms with Gasteiger partial charge >= 0.3 is 0 Å². The molecule has 0 saturated carbocycles. The first-order valence-electron chi connectivity index (χ1n) is 6.61. The fourth-order valence-corrected chi connectivity index (χ4v) is 1.95. The van der Waals surface area contributed by atoms with Crippen LogP contribution in [0.3, 0.4) is 0 Å². The maximum atomic E-state index is 5.90. The van der Waals surface area contributed by atoms with Crippen LogP contribution in [0, 0.1) is 5.92 Å². The molecule has 0 spiro atoms. The molecule has 0 radical (unpaired) electrons. The molecule has 0 aliphatic rings. The number of anilines is 1. The van der Waals surface area contributed by atoms with Crippen LogP contribution in [0.5, 0.6) is 0 Å². The summed E-state index contributed by atoms with van der Waals surface area (Å²) in [6, 6.07) is 4.52. The fourth-order valence-electron chi connectivity index (χ4n) is 1.95. The predicted octanol–water partition coefficient (Wildman–Crippen LogP) is 2.62. The van der Waals surface area contributed by atoms with E-state index in [1.165, 1.54) is 6.42 Å². The second-order valence-electron chi connectivity index (χ2n) is 4.70. The molecule has 0 saturated heterocycles. The highest BCUT2D eigenvalue weighted by Gasteiger charge is 2.16. The number of pyridine rings is 1. The highest BCUT2D eigenvalue weighted by Crippen LogP contribution is 2.16. The quantitative estimate of drug-likeness (QED) is 0.764. The molecule has 2 unspecified atom stereocenters. The van der Waals surface area contributed by atoms with Gasteiger partial charge < -0.3 is 11.1 Å². The summed E-state index contributed by atoms with van der Waals surface area (Å²) < 4.78 is 0. The van der Waals surface area contributed by atoms with Gasteiger partial charge in [0.15, 0.2) is 0 Å². The third-order valence-electron chi connectivity index (χ3n) is 3.35. The van der Waals surface area contributed by atoms with Crippen molar-refractivity contribution in [3.63, 3.8) is 0 Å². The number of aromatic nitrogens is 1. The molecular formula is C14H25N3. The highest BCUT2D eigenvalue weighted by molar-refractivity contribution is 5.38. The zero-order valence-corrected chi connectivity index (χ0v) is 11.2. The van der Waals surface area contributed by atoms with Gasteiger partial charge in [-0.05, 0) is 36.9 Å². The summed E-state index contributed by atoms with van der Waals surface area (Å²) in [7, 11) is 0. The van der Waals surface area contributed by atoms with Crippen LogP contribution in [0.1, 0.15) is 39.2 Å². The van der Waals surface area contributed by atoms with Crippen LogP contribution in [-0.4, -0.2) is 17.6 Å². The molecule has 1 heterocycles. The zero-order chi connectivity index (χ0) is 12.7. The maximum Gasteiger partial charge on any atom is 0.126 e. The van der Waals surface area contributed by atoms with Crippen LogP contribution in [0.15, 0.2) is 18.3 Å². The summed E-state index contributed by atoms with van der Waals surface area (Å²) in [5.41, 5.74) is 7.05. The lowest BCUT2D eigenvalue weighted by atomic mass is 9.93. The molecule has 0 aromatic carbocycles. The first-order valence-corrected chi connectivity index (χ1v) is 6.61. The van der Waals surface area contributed by atoms with E-state index >= 15 is 0 Å². The van der Waals surface area contributed by atoms with E-state index < -0.39 is 0 Å². The third-order valence-corrected chi connectivity index (χ3v) is 3.35. The Bertz CT molecular complexity index is 325. The van der Waals surface area contributed by atoms with E-state index in [0.29, 0.717) is 17.8 Å². The molecule has 0 amide bonds. The number of hydrogen-bond acceptors (Lipinski definition) is 3. The molecule has 96 valence electrons. The Morgan fingerprint density at radius 1 is 1.41 bits per heavy atom. The van der Waals surface area contributed by atoms with E-state index in [4.69, 9.17) is 5.73 Å². The Morgan fingerprint density at radius 2 is 2.18 bits per heavy atom. The van der Waals surface area contributed by atoms with Gasteiger partial charge in [-0.1, -0.05) is 33.3 Å². The summed E-state index contributed by atoms with van der Waals surface area (Å²) in [6.07, 6.45) is 5.06. The van der Waals surface area contributed by atoms with E-state index in [1.54, 1.807) is 6.20 Å². The van der Waals surface area contributed by atoms with Crippen molar-refractivity contribution >= 4 is 5.82 Å². The maximum absolute atomic E-state index is 5.90. The number of nitrogens with two attached hydrogens (primary N) is 1. The average Bonchev–Trinajstić information content (AvgIpc) is 2.35. The van der Waals surface area contributed by atoms with Gasteiger partial charge in [0, 0.05) is 12.2 Å². The first kappa shape index (κ1) is 14.0. The topological polar surface area (TPSA) is 50.9 Å². The zero-order valence-electron chi connectivity index (χ0n) is 11.2. The van der Waals surface area contributed by atoms with Crippen LogP contribution >= 0.6 is 0 Å². The molecule has 0 fully saturated rings. The second-order valence-corrected chi connectivity index (χ2v) is 4.70. The molecule has 3 N–H and O–H groups in total. The smallest absolute Gasteiger partial charge is 0.126 e.